The molecule has 0 aromatic carbocycles. The number of aliphatic hydroxyl groups excluding tert-OH is 1. The van der Waals surface area contributed by atoms with Crippen molar-refractivity contribution in [2.75, 3.05) is 39.6 Å². The maximum atomic E-state index is 13.1. The number of phosphoric acid groups is 2. The highest BCUT2D eigenvalue weighted by Crippen LogP contribution is 2.45. The summed E-state index contributed by atoms with van der Waals surface area (Å²) in [7, 11) is -9.91. The van der Waals surface area contributed by atoms with E-state index in [2.05, 4.69) is 27.7 Å². The minimum absolute atomic E-state index is 0.107. The van der Waals surface area contributed by atoms with Crippen molar-refractivity contribution in [3.63, 3.8) is 0 Å². The quantitative estimate of drug-likeness (QED) is 0.0222. The molecule has 3 N–H and O–H groups in total. The van der Waals surface area contributed by atoms with Crippen LogP contribution in [0, 0.1) is 0 Å². The van der Waals surface area contributed by atoms with E-state index in [0.29, 0.717) is 25.7 Å². The second-order valence-electron chi connectivity index (χ2n) is 29.5. The number of hydrogen-bond acceptors (Lipinski definition) is 15. The van der Waals surface area contributed by atoms with Gasteiger partial charge in [0.25, 0.3) is 0 Å². The molecule has 101 heavy (non-hydrogen) atoms. The number of carbonyl (C=O) groups is 4. The molecule has 0 spiro atoms. The average molecular weight is 1480 g/mol. The Morgan fingerprint density at radius 1 is 0.238 bits per heavy atom. The minimum atomic E-state index is -4.96. The highest BCUT2D eigenvalue weighted by molar-refractivity contribution is 7.47. The number of ether oxygens (including phenoxy) is 4. The number of unbranched alkanes of at least 4 members (excludes halogenated alkanes) is 57. The number of phosphoric ester groups is 2. The van der Waals surface area contributed by atoms with Gasteiger partial charge in [0.15, 0.2) is 12.2 Å². The summed E-state index contributed by atoms with van der Waals surface area (Å²) < 4.78 is 68.6. The van der Waals surface area contributed by atoms with Crippen LogP contribution < -0.4 is 0 Å². The number of rotatable bonds is 83. The van der Waals surface area contributed by atoms with Gasteiger partial charge in [0.1, 0.15) is 19.3 Å². The number of hydrogen-bond donors (Lipinski definition) is 3. The zero-order valence-electron chi connectivity index (χ0n) is 65.9. The first-order chi connectivity index (χ1) is 49.2. The normalized spacial score (nSPS) is 13.8. The van der Waals surface area contributed by atoms with Gasteiger partial charge in [-0.3, -0.25) is 37.3 Å². The van der Waals surface area contributed by atoms with E-state index in [0.717, 1.165) is 89.9 Å². The summed E-state index contributed by atoms with van der Waals surface area (Å²) in [4.78, 5) is 72.9. The van der Waals surface area contributed by atoms with Crippen LogP contribution >= 0.6 is 15.6 Å². The van der Waals surface area contributed by atoms with Crippen LogP contribution in [-0.4, -0.2) is 96.7 Å². The lowest BCUT2D eigenvalue weighted by Gasteiger charge is -2.21. The molecule has 0 heterocycles. The van der Waals surface area contributed by atoms with Gasteiger partial charge < -0.3 is 33.8 Å². The van der Waals surface area contributed by atoms with Crippen LogP contribution in [0.25, 0.3) is 0 Å². The van der Waals surface area contributed by atoms with E-state index in [1.807, 2.05) is 0 Å². The first-order valence-electron chi connectivity index (χ1n) is 42.8. The molecule has 0 aliphatic rings. The van der Waals surface area contributed by atoms with E-state index in [4.69, 9.17) is 37.0 Å². The Balaban J connectivity index is 5.15. The molecule has 0 aliphatic heterocycles. The minimum Gasteiger partial charge on any atom is -0.462 e. The monoisotopic (exact) mass is 1480 g/mol. The molecular formula is C82H160O17P2. The Hall–Kier alpha value is -1.94. The second kappa shape index (κ2) is 76.3. The molecule has 0 aromatic rings. The smallest absolute Gasteiger partial charge is 0.462 e. The summed E-state index contributed by atoms with van der Waals surface area (Å²) in [5, 5.41) is 10.6. The zero-order valence-corrected chi connectivity index (χ0v) is 67.7. The highest BCUT2D eigenvalue weighted by Gasteiger charge is 2.30. The lowest BCUT2D eigenvalue weighted by Crippen LogP contribution is -2.30. The van der Waals surface area contributed by atoms with Crippen LogP contribution in [0.1, 0.15) is 445 Å². The third-order valence-electron chi connectivity index (χ3n) is 19.4. The van der Waals surface area contributed by atoms with E-state index in [9.17, 15) is 43.2 Å². The predicted octanol–water partition coefficient (Wildman–Crippen LogP) is 25.0. The first kappa shape index (κ1) is 99.1. The SMILES string of the molecule is CCCCCCCCCCCCCCCCCCCCCCCC(=O)OC[C@H](COP(=O)(O)OC[C@@H](O)COP(=O)(O)OC[C@@H](COC(=O)CCCCCCCCCC)OC(=O)CCCCCCCCCCCCC)OC(=O)CCCCCCCCCCCCCCCCCCCCCCC. The molecular weight excluding hydrogens is 1320 g/mol. The van der Waals surface area contributed by atoms with Crippen LogP contribution in [0.4, 0.5) is 0 Å². The Morgan fingerprint density at radius 2 is 0.396 bits per heavy atom. The molecule has 600 valence electrons. The predicted molar refractivity (Wildman–Crippen MR) is 414 cm³/mol. The molecule has 0 amide bonds. The number of aliphatic hydroxyl groups is 1. The van der Waals surface area contributed by atoms with Gasteiger partial charge in [-0.15, -0.1) is 0 Å². The molecule has 19 heteroatoms. The Labute approximate surface area is 619 Å². The molecule has 0 rings (SSSR count). The fraction of sp³-hybridized carbons (Fsp3) is 0.951. The van der Waals surface area contributed by atoms with Gasteiger partial charge in [0.05, 0.1) is 26.4 Å². The van der Waals surface area contributed by atoms with Crippen LogP contribution in [0.2, 0.25) is 0 Å². The van der Waals surface area contributed by atoms with Crippen molar-refractivity contribution in [3.05, 3.63) is 0 Å². The highest BCUT2D eigenvalue weighted by atomic mass is 31.2. The number of carbonyl (C=O) groups excluding carboxylic acids is 4. The first-order valence-corrected chi connectivity index (χ1v) is 45.8. The summed E-state index contributed by atoms with van der Waals surface area (Å²) in [6.45, 7) is 4.99. The summed E-state index contributed by atoms with van der Waals surface area (Å²) in [5.74, 6) is -2.11. The Kier molecular flexibility index (Phi) is 74.8. The fourth-order valence-corrected chi connectivity index (χ4v) is 14.4. The summed E-state index contributed by atoms with van der Waals surface area (Å²) >= 11 is 0. The Morgan fingerprint density at radius 3 is 0.584 bits per heavy atom. The van der Waals surface area contributed by atoms with Crippen LogP contribution in [0.3, 0.4) is 0 Å². The van der Waals surface area contributed by atoms with Gasteiger partial charge in [-0.2, -0.15) is 0 Å². The molecule has 2 unspecified atom stereocenters. The molecule has 0 aromatic heterocycles. The molecule has 0 radical (unpaired) electrons. The van der Waals surface area contributed by atoms with E-state index in [1.165, 1.54) is 276 Å². The summed E-state index contributed by atoms with van der Waals surface area (Å²) in [6, 6.07) is 0. The Bertz CT molecular complexity index is 1910. The lowest BCUT2D eigenvalue weighted by atomic mass is 10.0. The molecule has 5 atom stereocenters. The zero-order chi connectivity index (χ0) is 73.9. The average Bonchev–Trinajstić information content (AvgIpc) is 0.991. The van der Waals surface area contributed by atoms with Gasteiger partial charge in [0, 0.05) is 25.7 Å². The second-order valence-corrected chi connectivity index (χ2v) is 32.4. The van der Waals surface area contributed by atoms with Gasteiger partial charge in [0.2, 0.25) is 0 Å². The van der Waals surface area contributed by atoms with Crippen molar-refractivity contribution in [2.45, 2.75) is 463 Å². The van der Waals surface area contributed by atoms with Crippen molar-refractivity contribution >= 4 is 39.5 Å². The number of esters is 4. The van der Waals surface area contributed by atoms with Crippen molar-refractivity contribution in [1.82, 2.24) is 0 Å². The van der Waals surface area contributed by atoms with Crippen molar-refractivity contribution in [3.8, 4) is 0 Å². The summed E-state index contributed by atoms with van der Waals surface area (Å²) in [5.41, 5.74) is 0. The topological polar surface area (TPSA) is 237 Å². The molecule has 0 bridgehead atoms. The maximum Gasteiger partial charge on any atom is 0.472 e. The van der Waals surface area contributed by atoms with E-state index in [1.54, 1.807) is 0 Å². The van der Waals surface area contributed by atoms with E-state index >= 15 is 0 Å². The van der Waals surface area contributed by atoms with Gasteiger partial charge in [-0.1, -0.05) is 394 Å². The van der Waals surface area contributed by atoms with Crippen LogP contribution in [0.15, 0.2) is 0 Å². The van der Waals surface area contributed by atoms with E-state index < -0.39 is 97.5 Å². The fourth-order valence-electron chi connectivity index (χ4n) is 12.8. The van der Waals surface area contributed by atoms with Crippen molar-refractivity contribution in [1.29, 1.82) is 0 Å². The van der Waals surface area contributed by atoms with Gasteiger partial charge in [-0.05, 0) is 25.7 Å². The molecule has 0 fully saturated rings. The summed E-state index contributed by atoms with van der Waals surface area (Å²) in [6.07, 6.45) is 69.7. The van der Waals surface area contributed by atoms with Crippen molar-refractivity contribution in [2.24, 2.45) is 0 Å². The molecule has 17 nitrogen and oxygen atoms in total. The van der Waals surface area contributed by atoms with Gasteiger partial charge in [-0.25, -0.2) is 9.13 Å². The third kappa shape index (κ3) is 76.1. The molecule has 0 saturated heterocycles. The molecule has 0 aliphatic carbocycles. The van der Waals surface area contributed by atoms with Gasteiger partial charge >= 0.3 is 39.5 Å². The lowest BCUT2D eigenvalue weighted by molar-refractivity contribution is -0.161. The largest absolute Gasteiger partial charge is 0.472 e. The molecule has 0 saturated carbocycles. The van der Waals surface area contributed by atoms with Crippen molar-refractivity contribution < 1.29 is 80.2 Å². The van der Waals surface area contributed by atoms with Crippen LogP contribution in [0.5, 0.6) is 0 Å². The van der Waals surface area contributed by atoms with E-state index in [-0.39, 0.29) is 25.7 Å². The standard InChI is InChI=1S/C82H160O17P2/c1-5-9-13-17-21-25-28-30-32-34-36-38-40-42-44-46-49-51-55-59-63-67-80(85)93-73-78(99-82(87)69-65-61-57-53-50-47-45-43-41-39-37-35-33-31-29-26-22-18-14-10-6-2)75-97-101(90,91)95-71-76(83)70-94-100(88,89)96-74-77(72-92-79(84)66-62-58-54-24-20-16-12-8-4)98-81(86)68-64-60-56-52-48-27-23-19-15-11-7-3/h76-78,83H,5-75H2,1-4H3,(H,88,89)(H,90,91)/t76-,77+,78+/m0/s1. The maximum absolute atomic E-state index is 13.1. The third-order valence-corrected chi connectivity index (χ3v) is 21.3. The van der Waals surface area contributed by atoms with Crippen LogP contribution in [-0.2, 0) is 65.4 Å².